The van der Waals surface area contributed by atoms with Crippen molar-refractivity contribution in [2.24, 2.45) is 5.92 Å². The van der Waals surface area contributed by atoms with E-state index in [0.717, 1.165) is 17.6 Å². The first-order valence-electron chi connectivity index (χ1n) is 7.22. The molecule has 3 heteroatoms. The van der Waals surface area contributed by atoms with E-state index in [1.807, 2.05) is 6.07 Å². The summed E-state index contributed by atoms with van der Waals surface area (Å²) >= 11 is 5.52. The molecule has 0 radical (unpaired) electrons. The van der Waals surface area contributed by atoms with Gasteiger partial charge in [-0.25, -0.2) is 0 Å². The molecule has 2 atom stereocenters. The molecule has 0 saturated heterocycles. The molecule has 0 unspecified atom stereocenters. The number of benzene rings is 1. The number of thiocarbonyl (C=S) groups is 1. The molecule has 1 aliphatic carbocycles. The summed E-state index contributed by atoms with van der Waals surface area (Å²) in [5, 5.41) is 4.42. The fourth-order valence-electron chi connectivity index (χ4n) is 2.73. The Kier molecular flexibility index (Phi) is 5.20. The average molecular weight is 276 g/mol. The highest BCUT2D eigenvalue weighted by Gasteiger charge is 2.22. The van der Waals surface area contributed by atoms with E-state index in [9.17, 15) is 0 Å². The minimum Gasteiger partial charge on any atom is -0.360 e. The summed E-state index contributed by atoms with van der Waals surface area (Å²) in [6.07, 6.45) is 5.27. The molecule has 1 aliphatic rings. The third-order valence-corrected chi connectivity index (χ3v) is 4.46. The van der Waals surface area contributed by atoms with Gasteiger partial charge in [-0.15, -0.1) is 0 Å². The fraction of sp³-hybridized carbons (Fsp3) is 0.562. The van der Waals surface area contributed by atoms with Gasteiger partial charge in [0.2, 0.25) is 0 Å². The van der Waals surface area contributed by atoms with Gasteiger partial charge in [-0.05, 0) is 36.5 Å². The van der Waals surface area contributed by atoms with E-state index in [-0.39, 0.29) is 0 Å². The first kappa shape index (κ1) is 14.3. The van der Waals surface area contributed by atoms with Gasteiger partial charge in [0.1, 0.15) is 0 Å². The molecule has 104 valence electrons. The quantitative estimate of drug-likeness (QED) is 0.850. The van der Waals surface area contributed by atoms with Crippen LogP contribution in [0.2, 0.25) is 0 Å². The van der Waals surface area contributed by atoms with Crippen molar-refractivity contribution >= 4 is 17.3 Å². The van der Waals surface area contributed by atoms with Crippen molar-refractivity contribution < 1.29 is 0 Å². The summed E-state index contributed by atoms with van der Waals surface area (Å²) in [6.45, 7) is 3.20. The zero-order valence-electron chi connectivity index (χ0n) is 11.9. The molecule has 0 aromatic heterocycles. The van der Waals surface area contributed by atoms with Gasteiger partial charge in [-0.3, -0.25) is 0 Å². The first-order chi connectivity index (χ1) is 9.16. The third kappa shape index (κ3) is 4.20. The van der Waals surface area contributed by atoms with Gasteiger partial charge < -0.3 is 10.2 Å². The van der Waals surface area contributed by atoms with Gasteiger partial charge in [-0.2, -0.15) is 0 Å². The van der Waals surface area contributed by atoms with Gasteiger partial charge in [0.05, 0.1) is 0 Å². The van der Waals surface area contributed by atoms with Crippen LogP contribution in [-0.4, -0.2) is 23.1 Å². The van der Waals surface area contributed by atoms with E-state index in [1.165, 1.54) is 31.2 Å². The molecule has 2 nitrogen and oxygen atoms in total. The number of nitrogens with one attached hydrogen (secondary N) is 1. The molecular weight excluding hydrogens is 252 g/mol. The predicted molar refractivity (Wildman–Crippen MR) is 85.1 cm³/mol. The normalized spacial score (nSPS) is 22.8. The second-order valence-corrected chi connectivity index (χ2v) is 6.05. The van der Waals surface area contributed by atoms with Gasteiger partial charge in [0.15, 0.2) is 5.11 Å². The molecule has 0 aliphatic heterocycles. The van der Waals surface area contributed by atoms with Crippen molar-refractivity contribution in [1.82, 2.24) is 10.2 Å². The minimum absolute atomic E-state index is 0.555. The number of hydrogen-bond acceptors (Lipinski definition) is 1. The molecule has 0 amide bonds. The van der Waals surface area contributed by atoms with Gasteiger partial charge in [0, 0.05) is 19.6 Å². The summed E-state index contributed by atoms with van der Waals surface area (Å²) in [7, 11) is 2.07. The maximum absolute atomic E-state index is 5.52. The smallest absolute Gasteiger partial charge is 0.169 e. The van der Waals surface area contributed by atoms with Gasteiger partial charge >= 0.3 is 0 Å². The Morgan fingerprint density at radius 2 is 1.95 bits per heavy atom. The topological polar surface area (TPSA) is 15.3 Å². The van der Waals surface area contributed by atoms with Gasteiger partial charge in [-0.1, -0.05) is 50.1 Å². The first-order valence-corrected chi connectivity index (χ1v) is 7.63. The van der Waals surface area contributed by atoms with Crippen LogP contribution in [0.3, 0.4) is 0 Å². The average Bonchev–Trinajstić information content (AvgIpc) is 2.42. The second kappa shape index (κ2) is 6.90. The van der Waals surface area contributed by atoms with Crippen LogP contribution in [0, 0.1) is 5.92 Å². The predicted octanol–water partition coefficient (Wildman–Crippen LogP) is 3.57. The van der Waals surface area contributed by atoms with Crippen LogP contribution in [0.4, 0.5) is 0 Å². The largest absolute Gasteiger partial charge is 0.360 e. The molecule has 0 spiro atoms. The van der Waals surface area contributed by atoms with E-state index in [2.05, 4.69) is 48.5 Å². The molecule has 2 rings (SSSR count). The minimum atomic E-state index is 0.555. The van der Waals surface area contributed by atoms with Crippen LogP contribution in [0.5, 0.6) is 0 Å². The lowest BCUT2D eigenvalue weighted by molar-refractivity contribution is 0.300. The van der Waals surface area contributed by atoms with E-state index in [4.69, 9.17) is 12.2 Å². The molecule has 1 aromatic rings. The lowest BCUT2D eigenvalue weighted by Crippen LogP contribution is -2.46. The summed E-state index contributed by atoms with van der Waals surface area (Å²) < 4.78 is 0. The number of rotatable bonds is 3. The van der Waals surface area contributed by atoms with E-state index in [0.29, 0.717) is 6.04 Å². The summed E-state index contributed by atoms with van der Waals surface area (Å²) in [5.74, 6) is 0.733. The van der Waals surface area contributed by atoms with E-state index < -0.39 is 0 Å². The summed E-state index contributed by atoms with van der Waals surface area (Å²) in [4.78, 5) is 2.13. The zero-order valence-corrected chi connectivity index (χ0v) is 12.7. The molecule has 0 heterocycles. The van der Waals surface area contributed by atoms with Crippen molar-refractivity contribution in [2.75, 3.05) is 7.05 Å². The van der Waals surface area contributed by atoms with Crippen LogP contribution in [0.25, 0.3) is 0 Å². The number of hydrogen-bond donors (Lipinski definition) is 1. The molecule has 1 aromatic carbocycles. The highest BCUT2D eigenvalue weighted by atomic mass is 32.1. The lowest BCUT2D eigenvalue weighted by Gasteiger charge is -2.33. The second-order valence-electron chi connectivity index (χ2n) is 5.66. The van der Waals surface area contributed by atoms with Crippen molar-refractivity contribution in [3.63, 3.8) is 0 Å². The Morgan fingerprint density at radius 1 is 1.26 bits per heavy atom. The highest BCUT2D eigenvalue weighted by molar-refractivity contribution is 7.80. The Hall–Kier alpha value is -1.09. The maximum Gasteiger partial charge on any atom is 0.169 e. The monoisotopic (exact) mass is 276 g/mol. The number of nitrogens with zero attached hydrogens (tertiary/aromatic N) is 1. The molecule has 1 fully saturated rings. The fourth-order valence-corrected chi connectivity index (χ4v) is 2.94. The Balaban J connectivity index is 1.85. The molecule has 1 N–H and O–H groups in total. The SMILES string of the molecule is C[C@@H]1CCCC[C@@H]1NC(=S)N(C)Cc1ccccc1. The Labute approximate surface area is 122 Å². The lowest BCUT2D eigenvalue weighted by atomic mass is 9.86. The van der Waals surface area contributed by atoms with Crippen LogP contribution < -0.4 is 5.32 Å². The van der Waals surface area contributed by atoms with Crippen molar-refractivity contribution in [3.8, 4) is 0 Å². The van der Waals surface area contributed by atoms with E-state index >= 15 is 0 Å². The van der Waals surface area contributed by atoms with Gasteiger partial charge in [0.25, 0.3) is 0 Å². The summed E-state index contributed by atoms with van der Waals surface area (Å²) in [5.41, 5.74) is 1.30. The van der Waals surface area contributed by atoms with Crippen molar-refractivity contribution in [1.29, 1.82) is 0 Å². The van der Waals surface area contributed by atoms with Crippen LogP contribution in [-0.2, 0) is 6.54 Å². The van der Waals surface area contributed by atoms with Crippen LogP contribution in [0.15, 0.2) is 30.3 Å². The summed E-state index contributed by atoms with van der Waals surface area (Å²) in [6, 6.07) is 11.0. The molecule has 19 heavy (non-hydrogen) atoms. The molecule has 0 bridgehead atoms. The Bertz CT molecular complexity index is 404. The van der Waals surface area contributed by atoms with Crippen LogP contribution in [0.1, 0.15) is 38.2 Å². The maximum atomic E-state index is 5.52. The highest BCUT2D eigenvalue weighted by Crippen LogP contribution is 2.23. The zero-order chi connectivity index (χ0) is 13.7. The Morgan fingerprint density at radius 3 is 2.63 bits per heavy atom. The van der Waals surface area contributed by atoms with Crippen LogP contribution >= 0.6 is 12.2 Å². The molecule has 1 saturated carbocycles. The third-order valence-electron chi connectivity index (χ3n) is 4.03. The molecular formula is C16H24N2S. The van der Waals surface area contributed by atoms with Crippen molar-refractivity contribution in [2.45, 2.75) is 45.2 Å². The van der Waals surface area contributed by atoms with E-state index in [1.54, 1.807) is 0 Å². The standard InChI is InChI=1S/C16H24N2S/c1-13-8-6-7-11-15(13)17-16(19)18(2)12-14-9-4-3-5-10-14/h3-5,9-10,13,15H,6-8,11-12H2,1-2H3,(H,17,19)/t13-,15+/m1/s1. The van der Waals surface area contributed by atoms with Crippen molar-refractivity contribution in [3.05, 3.63) is 35.9 Å².